The topological polar surface area (TPSA) is 72.8 Å². The van der Waals surface area contributed by atoms with Crippen LogP contribution in [0.3, 0.4) is 0 Å². The van der Waals surface area contributed by atoms with Crippen LogP contribution in [0.5, 0.6) is 5.75 Å². The van der Waals surface area contributed by atoms with Crippen LogP contribution in [0, 0.1) is 6.92 Å². The average molecular weight is 415 g/mol. The molecule has 0 bridgehead atoms. The third kappa shape index (κ3) is 4.91. The maximum Gasteiger partial charge on any atom is 0.265 e. The van der Waals surface area contributed by atoms with E-state index < -0.39 is 6.10 Å². The molecule has 2 heterocycles. The second kappa shape index (κ2) is 9.43. The summed E-state index contributed by atoms with van der Waals surface area (Å²) in [6.07, 6.45) is 3.89. The van der Waals surface area contributed by atoms with Gasteiger partial charge in [0.05, 0.1) is 18.9 Å². The molecular weight excluding hydrogens is 390 g/mol. The van der Waals surface area contributed by atoms with E-state index in [4.69, 9.17) is 9.57 Å². The molecule has 0 unspecified atom stereocenters. The second-order valence-electron chi connectivity index (χ2n) is 7.56. The number of rotatable bonds is 7. The van der Waals surface area contributed by atoms with Gasteiger partial charge in [-0.2, -0.15) is 0 Å². The van der Waals surface area contributed by atoms with Crippen LogP contribution in [0.2, 0.25) is 0 Å². The van der Waals surface area contributed by atoms with Gasteiger partial charge in [0.15, 0.2) is 0 Å². The molecule has 1 aromatic heterocycles. The number of methoxy groups -OCH3 is 1. The van der Waals surface area contributed by atoms with Crippen molar-refractivity contribution < 1.29 is 14.4 Å². The summed E-state index contributed by atoms with van der Waals surface area (Å²) in [6, 6.07) is 19.4. The zero-order valence-electron chi connectivity index (χ0n) is 17.6. The SMILES string of the molecule is COc1cccc(CC2=NO[C@@H](C(=O)N[C@H](c3ccncc3)c3ccccc3C)C2)c1. The summed E-state index contributed by atoms with van der Waals surface area (Å²) in [4.78, 5) is 22.7. The number of hydrogen-bond donors (Lipinski definition) is 1. The van der Waals surface area contributed by atoms with Crippen molar-refractivity contribution in [3.05, 3.63) is 95.3 Å². The minimum Gasteiger partial charge on any atom is -0.497 e. The number of oxime groups is 1. The lowest BCUT2D eigenvalue weighted by Crippen LogP contribution is -2.38. The monoisotopic (exact) mass is 415 g/mol. The van der Waals surface area contributed by atoms with Crippen molar-refractivity contribution >= 4 is 11.6 Å². The van der Waals surface area contributed by atoms with Crippen molar-refractivity contribution in [1.82, 2.24) is 10.3 Å². The van der Waals surface area contributed by atoms with Gasteiger partial charge in [0.25, 0.3) is 5.91 Å². The van der Waals surface area contributed by atoms with Gasteiger partial charge in [-0.15, -0.1) is 0 Å². The number of hydrogen-bond acceptors (Lipinski definition) is 5. The van der Waals surface area contributed by atoms with Crippen molar-refractivity contribution in [3.8, 4) is 5.75 Å². The zero-order valence-corrected chi connectivity index (χ0v) is 17.6. The van der Waals surface area contributed by atoms with Gasteiger partial charge in [-0.3, -0.25) is 9.78 Å². The zero-order chi connectivity index (χ0) is 21.6. The number of aryl methyl sites for hydroxylation is 1. The highest BCUT2D eigenvalue weighted by atomic mass is 16.6. The highest BCUT2D eigenvalue weighted by molar-refractivity contribution is 5.94. The Labute approximate surface area is 181 Å². The van der Waals surface area contributed by atoms with Gasteiger partial charge >= 0.3 is 0 Å². The molecule has 1 amide bonds. The maximum atomic E-state index is 13.1. The van der Waals surface area contributed by atoms with Crippen molar-refractivity contribution in [3.63, 3.8) is 0 Å². The molecule has 0 saturated carbocycles. The van der Waals surface area contributed by atoms with E-state index in [2.05, 4.69) is 15.5 Å². The van der Waals surface area contributed by atoms with E-state index in [0.29, 0.717) is 12.8 Å². The Bertz CT molecular complexity index is 1080. The first kappa shape index (κ1) is 20.6. The number of aromatic nitrogens is 1. The summed E-state index contributed by atoms with van der Waals surface area (Å²) in [7, 11) is 1.64. The largest absolute Gasteiger partial charge is 0.497 e. The van der Waals surface area contributed by atoms with Crippen LogP contribution >= 0.6 is 0 Å². The standard InChI is InChI=1S/C25H25N3O3/c1-17-6-3-4-9-22(17)24(19-10-12-26-13-11-19)27-25(29)23-16-20(28-31-23)14-18-7-5-8-21(15-18)30-2/h3-13,15,23-24H,14,16H2,1-2H3,(H,27,29)/t23-,24-/m1/s1. The fourth-order valence-electron chi connectivity index (χ4n) is 3.73. The summed E-state index contributed by atoms with van der Waals surface area (Å²) < 4.78 is 5.28. The van der Waals surface area contributed by atoms with E-state index in [1.165, 1.54) is 0 Å². The predicted octanol–water partition coefficient (Wildman–Crippen LogP) is 3.99. The minimum absolute atomic E-state index is 0.186. The number of nitrogens with zero attached hydrogens (tertiary/aromatic N) is 2. The highest BCUT2D eigenvalue weighted by Crippen LogP contribution is 2.26. The highest BCUT2D eigenvalue weighted by Gasteiger charge is 2.30. The Morgan fingerprint density at radius 3 is 2.74 bits per heavy atom. The molecule has 0 saturated heterocycles. The minimum atomic E-state index is -0.644. The van der Waals surface area contributed by atoms with Crippen molar-refractivity contribution in [1.29, 1.82) is 0 Å². The lowest BCUT2D eigenvalue weighted by atomic mass is 9.95. The molecular formula is C25H25N3O3. The average Bonchev–Trinajstić information content (AvgIpc) is 3.27. The molecule has 6 heteroatoms. The van der Waals surface area contributed by atoms with Gasteiger partial charge < -0.3 is 14.9 Å². The molecule has 1 N–H and O–H groups in total. The number of carbonyl (C=O) groups is 1. The Hall–Kier alpha value is -3.67. The normalized spacial score (nSPS) is 16.2. The number of ether oxygens (including phenoxy) is 1. The van der Waals surface area contributed by atoms with E-state index >= 15 is 0 Å². The van der Waals surface area contributed by atoms with Crippen LogP contribution in [-0.4, -0.2) is 29.8 Å². The molecule has 1 aliphatic heterocycles. The van der Waals surface area contributed by atoms with Crippen LogP contribution in [-0.2, 0) is 16.1 Å². The quantitative estimate of drug-likeness (QED) is 0.633. The first-order chi connectivity index (χ1) is 15.1. The van der Waals surface area contributed by atoms with E-state index in [1.54, 1.807) is 19.5 Å². The first-order valence-corrected chi connectivity index (χ1v) is 10.2. The van der Waals surface area contributed by atoms with Gasteiger partial charge in [-0.05, 0) is 53.4 Å². The Balaban J connectivity index is 1.45. The van der Waals surface area contributed by atoms with Gasteiger partial charge in [0, 0.05) is 25.2 Å². The summed E-state index contributed by atoms with van der Waals surface area (Å²) in [5.74, 6) is 0.610. The molecule has 1 aliphatic rings. The van der Waals surface area contributed by atoms with Gasteiger partial charge in [0.2, 0.25) is 6.10 Å². The van der Waals surface area contributed by atoms with Crippen LogP contribution in [0.1, 0.15) is 34.7 Å². The van der Waals surface area contributed by atoms with Gasteiger partial charge in [-0.25, -0.2) is 0 Å². The maximum absolute atomic E-state index is 13.1. The number of nitrogens with one attached hydrogen (secondary N) is 1. The molecule has 158 valence electrons. The van der Waals surface area contributed by atoms with Gasteiger partial charge in [-0.1, -0.05) is 41.6 Å². The van der Waals surface area contributed by atoms with Crippen molar-refractivity contribution in [2.24, 2.45) is 5.16 Å². The molecule has 0 spiro atoms. The third-order valence-corrected chi connectivity index (χ3v) is 5.39. The number of amides is 1. The molecule has 0 aliphatic carbocycles. The smallest absolute Gasteiger partial charge is 0.265 e. The first-order valence-electron chi connectivity index (χ1n) is 10.2. The van der Waals surface area contributed by atoms with Crippen LogP contribution in [0.15, 0.2) is 78.2 Å². The van der Waals surface area contributed by atoms with Crippen LogP contribution in [0.4, 0.5) is 0 Å². The molecule has 2 aromatic carbocycles. The van der Waals surface area contributed by atoms with Crippen molar-refractivity contribution in [2.45, 2.75) is 31.9 Å². The molecule has 4 rings (SSSR count). The Kier molecular flexibility index (Phi) is 6.26. The molecule has 0 fully saturated rings. The Morgan fingerprint density at radius 2 is 1.97 bits per heavy atom. The fourth-order valence-corrected chi connectivity index (χ4v) is 3.73. The fraction of sp³-hybridized carbons (Fsp3) is 0.240. The number of benzene rings is 2. The molecule has 0 radical (unpaired) electrons. The summed E-state index contributed by atoms with van der Waals surface area (Å²) in [5.41, 5.74) is 5.01. The van der Waals surface area contributed by atoms with E-state index in [9.17, 15) is 4.79 Å². The lowest BCUT2D eigenvalue weighted by Gasteiger charge is -2.22. The van der Waals surface area contributed by atoms with Gasteiger partial charge in [0.1, 0.15) is 5.75 Å². The summed E-state index contributed by atoms with van der Waals surface area (Å²) >= 11 is 0. The third-order valence-electron chi connectivity index (χ3n) is 5.39. The Morgan fingerprint density at radius 1 is 1.16 bits per heavy atom. The van der Waals surface area contributed by atoms with E-state index in [1.807, 2.05) is 67.6 Å². The van der Waals surface area contributed by atoms with Crippen LogP contribution < -0.4 is 10.1 Å². The summed E-state index contributed by atoms with van der Waals surface area (Å²) in [5, 5.41) is 7.31. The number of pyridine rings is 1. The van der Waals surface area contributed by atoms with E-state index in [-0.39, 0.29) is 11.9 Å². The van der Waals surface area contributed by atoms with Crippen LogP contribution in [0.25, 0.3) is 0 Å². The molecule has 3 aromatic rings. The lowest BCUT2D eigenvalue weighted by molar-refractivity contribution is -0.131. The molecule has 6 nitrogen and oxygen atoms in total. The summed E-state index contributed by atoms with van der Waals surface area (Å²) in [6.45, 7) is 2.04. The molecule has 31 heavy (non-hydrogen) atoms. The van der Waals surface area contributed by atoms with Crippen molar-refractivity contribution in [2.75, 3.05) is 7.11 Å². The van der Waals surface area contributed by atoms with E-state index in [0.717, 1.165) is 33.7 Å². The predicted molar refractivity (Wildman–Crippen MR) is 119 cm³/mol. The molecule has 2 atom stereocenters. The second-order valence-corrected chi connectivity index (χ2v) is 7.56. The number of carbonyl (C=O) groups excluding carboxylic acids is 1.